The highest BCUT2D eigenvalue weighted by atomic mass is 35.5. The van der Waals surface area contributed by atoms with Gasteiger partial charge in [-0.05, 0) is 6.07 Å². The molecule has 0 unspecified atom stereocenters. The summed E-state index contributed by atoms with van der Waals surface area (Å²) in [5.74, 6) is 0. The summed E-state index contributed by atoms with van der Waals surface area (Å²) in [5, 5.41) is 11.0. The number of aromatic amines is 1. The molecule has 74 valence electrons. The first-order chi connectivity index (χ1) is 6.84. The highest BCUT2D eigenvalue weighted by Crippen LogP contribution is 2.17. The number of hydrogen-bond donors (Lipinski definition) is 2. The Balaban J connectivity index is 1.78. The van der Waals surface area contributed by atoms with E-state index in [0.29, 0.717) is 0 Å². The molecule has 2 N–H and O–H groups in total. The number of nitrogens with zero attached hydrogens (tertiary/aromatic N) is 2. The highest BCUT2D eigenvalue weighted by molar-refractivity contribution is 7.15. The fraction of sp³-hybridized carbons (Fsp3) is 0.250. The molecule has 0 spiro atoms. The topological polar surface area (TPSA) is 53.6 Å². The van der Waals surface area contributed by atoms with Crippen molar-refractivity contribution in [1.82, 2.24) is 20.5 Å². The van der Waals surface area contributed by atoms with Gasteiger partial charge in [-0.3, -0.25) is 5.10 Å². The predicted octanol–water partition coefficient (Wildman–Crippen LogP) is 1.81. The van der Waals surface area contributed by atoms with Gasteiger partial charge in [-0.15, -0.1) is 11.3 Å². The number of thiazole rings is 1. The van der Waals surface area contributed by atoms with Gasteiger partial charge in [-0.2, -0.15) is 5.10 Å². The zero-order valence-corrected chi connectivity index (χ0v) is 8.90. The smallest absolute Gasteiger partial charge is 0.113 e. The van der Waals surface area contributed by atoms with Crippen LogP contribution in [0.3, 0.4) is 0 Å². The molecular weight excluding hydrogens is 220 g/mol. The zero-order valence-electron chi connectivity index (χ0n) is 7.33. The summed E-state index contributed by atoms with van der Waals surface area (Å²) in [4.78, 5) is 4.13. The SMILES string of the molecule is Clc1cnc(CNCc2ccn[nH]2)s1. The summed E-state index contributed by atoms with van der Waals surface area (Å²) < 4.78 is 0.725. The summed E-state index contributed by atoms with van der Waals surface area (Å²) in [6.07, 6.45) is 3.40. The fourth-order valence-corrected chi connectivity index (χ4v) is 1.98. The van der Waals surface area contributed by atoms with Crippen molar-refractivity contribution in [1.29, 1.82) is 0 Å². The van der Waals surface area contributed by atoms with Crippen molar-refractivity contribution < 1.29 is 0 Å². The normalized spacial score (nSPS) is 10.6. The Morgan fingerprint density at radius 1 is 1.50 bits per heavy atom. The van der Waals surface area contributed by atoms with E-state index in [0.717, 1.165) is 28.1 Å². The van der Waals surface area contributed by atoms with Gasteiger partial charge in [0, 0.05) is 25.0 Å². The Labute approximate surface area is 90.3 Å². The molecule has 2 heterocycles. The van der Waals surface area contributed by atoms with E-state index < -0.39 is 0 Å². The van der Waals surface area contributed by atoms with Gasteiger partial charge in [0.25, 0.3) is 0 Å². The van der Waals surface area contributed by atoms with E-state index in [1.165, 1.54) is 11.3 Å². The average molecular weight is 229 g/mol. The lowest BCUT2D eigenvalue weighted by Crippen LogP contribution is -2.12. The Kier molecular flexibility index (Phi) is 3.13. The molecule has 2 aromatic heterocycles. The summed E-state index contributed by atoms with van der Waals surface area (Å²) in [6, 6.07) is 1.93. The molecule has 0 aliphatic carbocycles. The minimum Gasteiger partial charge on any atom is -0.305 e. The first kappa shape index (κ1) is 9.64. The maximum absolute atomic E-state index is 5.75. The van der Waals surface area contributed by atoms with Crippen LogP contribution in [0.5, 0.6) is 0 Å². The van der Waals surface area contributed by atoms with Crippen molar-refractivity contribution in [2.24, 2.45) is 0 Å². The third-order valence-corrected chi connectivity index (χ3v) is 2.79. The second-order valence-corrected chi connectivity index (χ2v) is 4.49. The molecule has 0 atom stereocenters. The van der Waals surface area contributed by atoms with Crippen molar-refractivity contribution in [3.8, 4) is 0 Å². The van der Waals surface area contributed by atoms with Gasteiger partial charge in [0.05, 0.1) is 6.20 Å². The molecule has 0 fully saturated rings. The van der Waals surface area contributed by atoms with Crippen LogP contribution in [0.4, 0.5) is 0 Å². The Bertz CT molecular complexity index is 384. The van der Waals surface area contributed by atoms with Gasteiger partial charge in [-0.25, -0.2) is 4.98 Å². The van der Waals surface area contributed by atoms with Crippen LogP contribution in [0.1, 0.15) is 10.7 Å². The van der Waals surface area contributed by atoms with Crippen LogP contribution in [0.25, 0.3) is 0 Å². The molecular formula is C8H9ClN4S. The number of H-pyrrole nitrogens is 1. The standard InChI is InChI=1S/C8H9ClN4S/c9-7-4-11-8(14-7)5-10-3-6-1-2-12-13-6/h1-2,4,10H,3,5H2,(H,12,13). The maximum Gasteiger partial charge on any atom is 0.113 e. The molecule has 0 amide bonds. The van der Waals surface area contributed by atoms with Gasteiger partial charge < -0.3 is 5.32 Å². The molecule has 4 nitrogen and oxygen atoms in total. The largest absolute Gasteiger partial charge is 0.305 e. The monoisotopic (exact) mass is 228 g/mol. The van der Waals surface area contributed by atoms with Gasteiger partial charge in [-0.1, -0.05) is 11.6 Å². The van der Waals surface area contributed by atoms with Crippen LogP contribution in [-0.4, -0.2) is 15.2 Å². The molecule has 0 radical (unpaired) electrons. The molecule has 2 aromatic rings. The number of hydrogen-bond acceptors (Lipinski definition) is 4. The highest BCUT2D eigenvalue weighted by Gasteiger charge is 1.99. The summed E-state index contributed by atoms with van der Waals surface area (Å²) in [6.45, 7) is 1.49. The van der Waals surface area contributed by atoms with Crippen molar-refractivity contribution in [2.75, 3.05) is 0 Å². The lowest BCUT2D eigenvalue weighted by Gasteiger charge is -1.98. The Morgan fingerprint density at radius 2 is 2.43 bits per heavy atom. The second kappa shape index (κ2) is 4.54. The molecule has 0 aliphatic heterocycles. The minimum absolute atomic E-state index is 0.725. The Hall–Kier alpha value is -0.910. The third kappa shape index (κ3) is 2.54. The average Bonchev–Trinajstić information content (AvgIpc) is 2.77. The molecule has 6 heteroatoms. The van der Waals surface area contributed by atoms with Gasteiger partial charge in [0.1, 0.15) is 9.34 Å². The number of aromatic nitrogens is 3. The quantitative estimate of drug-likeness (QED) is 0.839. The number of nitrogens with one attached hydrogen (secondary N) is 2. The van der Waals surface area contributed by atoms with E-state index in [9.17, 15) is 0 Å². The van der Waals surface area contributed by atoms with Crippen molar-refractivity contribution in [3.05, 3.63) is 33.5 Å². The molecule has 14 heavy (non-hydrogen) atoms. The van der Waals surface area contributed by atoms with E-state index in [1.54, 1.807) is 12.4 Å². The van der Waals surface area contributed by atoms with Crippen molar-refractivity contribution in [2.45, 2.75) is 13.1 Å². The van der Waals surface area contributed by atoms with Crippen LogP contribution in [0.15, 0.2) is 18.5 Å². The van der Waals surface area contributed by atoms with Gasteiger partial charge in [0.2, 0.25) is 0 Å². The van der Waals surface area contributed by atoms with Crippen molar-refractivity contribution in [3.63, 3.8) is 0 Å². The van der Waals surface area contributed by atoms with Crippen LogP contribution in [-0.2, 0) is 13.1 Å². The predicted molar refractivity (Wildman–Crippen MR) is 56.3 cm³/mol. The molecule has 0 saturated heterocycles. The zero-order chi connectivity index (χ0) is 9.80. The fourth-order valence-electron chi connectivity index (χ4n) is 1.06. The molecule has 0 aromatic carbocycles. The van der Waals surface area contributed by atoms with Crippen LogP contribution >= 0.6 is 22.9 Å². The van der Waals surface area contributed by atoms with Crippen LogP contribution < -0.4 is 5.32 Å². The lowest BCUT2D eigenvalue weighted by atomic mass is 10.4. The maximum atomic E-state index is 5.75. The van der Waals surface area contributed by atoms with Gasteiger partial charge >= 0.3 is 0 Å². The third-order valence-electron chi connectivity index (χ3n) is 1.68. The van der Waals surface area contributed by atoms with Crippen LogP contribution in [0.2, 0.25) is 4.34 Å². The summed E-state index contributed by atoms with van der Waals surface area (Å²) in [5.41, 5.74) is 1.06. The van der Waals surface area contributed by atoms with E-state index >= 15 is 0 Å². The molecule has 2 rings (SSSR count). The molecule has 0 aliphatic rings. The first-order valence-corrected chi connectivity index (χ1v) is 5.33. The van der Waals surface area contributed by atoms with E-state index in [1.807, 2.05) is 6.07 Å². The molecule has 0 bridgehead atoms. The van der Waals surface area contributed by atoms with E-state index in [2.05, 4.69) is 20.5 Å². The lowest BCUT2D eigenvalue weighted by molar-refractivity contribution is 0.674. The van der Waals surface area contributed by atoms with Crippen molar-refractivity contribution >= 4 is 22.9 Å². The number of halogens is 1. The van der Waals surface area contributed by atoms with E-state index in [4.69, 9.17) is 11.6 Å². The Morgan fingerprint density at radius 3 is 3.07 bits per heavy atom. The van der Waals surface area contributed by atoms with Crippen LogP contribution in [0, 0.1) is 0 Å². The van der Waals surface area contributed by atoms with E-state index in [-0.39, 0.29) is 0 Å². The van der Waals surface area contributed by atoms with Gasteiger partial charge in [0.15, 0.2) is 0 Å². The minimum atomic E-state index is 0.725. The second-order valence-electron chi connectivity index (χ2n) is 2.74. The number of rotatable bonds is 4. The first-order valence-electron chi connectivity index (χ1n) is 4.14. The summed E-state index contributed by atoms with van der Waals surface area (Å²) in [7, 11) is 0. The summed E-state index contributed by atoms with van der Waals surface area (Å²) >= 11 is 7.24. The molecule has 0 saturated carbocycles.